The Morgan fingerprint density at radius 3 is 2.28 bits per heavy atom. The predicted molar refractivity (Wildman–Crippen MR) is 123 cm³/mol. The molecule has 2 fully saturated rings. The maximum atomic E-state index is 12.6. The average Bonchev–Trinajstić information content (AvgIpc) is 3.46. The van der Waals surface area contributed by atoms with Gasteiger partial charge in [0.05, 0.1) is 18.8 Å². The Labute approximate surface area is 180 Å². The van der Waals surface area contributed by atoms with Gasteiger partial charge in [0.2, 0.25) is 5.91 Å². The van der Waals surface area contributed by atoms with Crippen LogP contribution >= 0.6 is 0 Å². The molecule has 0 aromatic heterocycles. The third-order valence-corrected chi connectivity index (χ3v) is 13.2. The van der Waals surface area contributed by atoms with Crippen LogP contribution in [0.5, 0.6) is 0 Å². The second-order valence-corrected chi connectivity index (χ2v) is 15.6. The lowest BCUT2D eigenvalue weighted by Crippen LogP contribution is -2.50. The quantitative estimate of drug-likeness (QED) is 0.325. The van der Waals surface area contributed by atoms with Crippen molar-refractivity contribution < 1.29 is 14.3 Å². The molecule has 1 saturated heterocycles. The summed E-state index contributed by atoms with van der Waals surface area (Å²) in [4.78, 5) is 14.6. The highest BCUT2D eigenvalue weighted by Gasteiger charge is 2.45. The summed E-state index contributed by atoms with van der Waals surface area (Å²) in [5, 5.41) is 10.3. The Bertz CT molecular complexity index is 520. The van der Waals surface area contributed by atoms with Crippen molar-refractivity contribution in [3.05, 3.63) is 12.2 Å². The van der Waals surface area contributed by atoms with Gasteiger partial charge < -0.3 is 14.4 Å². The van der Waals surface area contributed by atoms with E-state index < -0.39 is 8.32 Å². The molecule has 1 aliphatic carbocycles. The fourth-order valence-electron chi connectivity index (χ4n) is 5.42. The third-order valence-electron chi connectivity index (χ3n) is 7.13. The summed E-state index contributed by atoms with van der Waals surface area (Å²) in [6, 6.07) is 0.101. The van der Waals surface area contributed by atoms with Crippen LogP contribution in [0.2, 0.25) is 16.6 Å². The van der Waals surface area contributed by atoms with Crippen molar-refractivity contribution in [2.75, 3.05) is 13.2 Å². The number of hydrogen-bond acceptors (Lipinski definition) is 3. The Kier molecular flexibility index (Phi) is 9.42. The van der Waals surface area contributed by atoms with Crippen molar-refractivity contribution in [3.8, 4) is 0 Å². The van der Waals surface area contributed by atoms with Crippen LogP contribution in [0.15, 0.2) is 12.2 Å². The minimum atomic E-state index is -1.90. The molecule has 5 heteroatoms. The van der Waals surface area contributed by atoms with Crippen LogP contribution in [-0.4, -0.2) is 49.5 Å². The van der Waals surface area contributed by atoms with Crippen molar-refractivity contribution in [3.63, 3.8) is 0 Å². The smallest absolute Gasteiger partial charge is 0.223 e. The van der Waals surface area contributed by atoms with Crippen molar-refractivity contribution in [2.45, 2.75) is 115 Å². The number of aliphatic hydroxyl groups excluding tert-OH is 1. The lowest BCUT2D eigenvalue weighted by Gasteiger charge is -2.43. The number of carbonyl (C=O) groups is 1. The lowest BCUT2D eigenvalue weighted by atomic mass is 10.00. The Hall–Kier alpha value is -0.653. The van der Waals surface area contributed by atoms with Gasteiger partial charge in [-0.05, 0) is 48.2 Å². The van der Waals surface area contributed by atoms with E-state index >= 15 is 0 Å². The largest absolute Gasteiger partial charge is 0.414 e. The van der Waals surface area contributed by atoms with Gasteiger partial charge in [-0.15, -0.1) is 0 Å². The van der Waals surface area contributed by atoms with Gasteiger partial charge >= 0.3 is 0 Å². The molecule has 168 valence electrons. The molecule has 0 aromatic carbocycles. The molecule has 29 heavy (non-hydrogen) atoms. The van der Waals surface area contributed by atoms with Crippen LogP contribution < -0.4 is 0 Å². The van der Waals surface area contributed by atoms with E-state index in [0.29, 0.717) is 36.2 Å². The van der Waals surface area contributed by atoms with Gasteiger partial charge in [0.25, 0.3) is 0 Å². The molecule has 0 unspecified atom stereocenters. The first-order valence-electron chi connectivity index (χ1n) is 12.0. The third kappa shape index (κ3) is 6.66. The van der Waals surface area contributed by atoms with Gasteiger partial charge in [0.1, 0.15) is 0 Å². The number of carbonyl (C=O) groups excluding carboxylic acids is 1. The minimum absolute atomic E-state index is 0.101. The number of aliphatic hydroxyl groups is 1. The maximum Gasteiger partial charge on any atom is 0.223 e. The second kappa shape index (κ2) is 11.1. The summed E-state index contributed by atoms with van der Waals surface area (Å²) in [5.41, 5.74) is 1.66. The predicted octanol–water partition coefficient (Wildman–Crippen LogP) is 5.67. The van der Waals surface area contributed by atoms with Crippen molar-refractivity contribution >= 4 is 14.2 Å². The lowest BCUT2D eigenvalue weighted by molar-refractivity contribution is -0.135. The molecule has 1 N–H and O–H groups in total. The van der Waals surface area contributed by atoms with E-state index in [-0.39, 0.29) is 18.1 Å². The molecule has 1 aliphatic heterocycles. The van der Waals surface area contributed by atoms with Gasteiger partial charge in [-0.1, -0.05) is 66.5 Å². The van der Waals surface area contributed by atoms with E-state index in [9.17, 15) is 9.90 Å². The monoisotopic (exact) mass is 423 g/mol. The summed E-state index contributed by atoms with van der Waals surface area (Å²) in [6.07, 6.45) is 10.8. The van der Waals surface area contributed by atoms with Crippen molar-refractivity contribution in [1.82, 2.24) is 4.90 Å². The summed E-state index contributed by atoms with van der Waals surface area (Å²) >= 11 is 0. The highest BCUT2D eigenvalue weighted by Crippen LogP contribution is 2.42. The normalized spacial score (nSPS) is 22.5. The first-order chi connectivity index (χ1) is 13.7. The molecule has 2 aliphatic rings. The van der Waals surface area contributed by atoms with Gasteiger partial charge in [0, 0.05) is 13.0 Å². The van der Waals surface area contributed by atoms with Crippen LogP contribution in [0.1, 0.15) is 86.5 Å². The number of rotatable bonds is 12. The number of hydrogen-bond donors (Lipinski definition) is 1. The van der Waals surface area contributed by atoms with Gasteiger partial charge in [-0.25, -0.2) is 0 Å². The first kappa shape index (κ1) is 24.6. The molecule has 1 saturated carbocycles. The average molecular weight is 424 g/mol. The molecular weight excluding hydrogens is 378 g/mol. The Morgan fingerprint density at radius 2 is 1.72 bits per heavy atom. The molecule has 0 aromatic rings. The van der Waals surface area contributed by atoms with Crippen molar-refractivity contribution in [1.29, 1.82) is 0 Å². The fraction of sp³-hybridized carbons (Fsp3) is 0.875. The van der Waals surface area contributed by atoms with E-state index in [2.05, 4.69) is 47.6 Å². The molecule has 0 radical (unpaired) electrons. The van der Waals surface area contributed by atoms with E-state index in [4.69, 9.17) is 4.43 Å². The number of likely N-dealkylation sites (tertiary alicyclic amines) is 1. The molecule has 2 atom stereocenters. The van der Waals surface area contributed by atoms with Crippen LogP contribution in [0.4, 0.5) is 0 Å². The topological polar surface area (TPSA) is 49.8 Å². The Morgan fingerprint density at radius 1 is 1.10 bits per heavy atom. The first-order valence-corrected chi connectivity index (χ1v) is 14.1. The van der Waals surface area contributed by atoms with Gasteiger partial charge in [0.15, 0.2) is 8.32 Å². The molecule has 1 heterocycles. The number of nitrogens with zero attached hydrogens (tertiary/aromatic N) is 1. The van der Waals surface area contributed by atoms with Crippen LogP contribution in [0, 0.1) is 5.92 Å². The summed E-state index contributed by atoms with van der Waals surface area (Å²) < 4.78 is 6.68. The molecule has 1 amide bonds. The van der Waals surface area contributed by atoms with Gasteiger partial charge in [-0.2, -0.15) is 0 Å². The summed E-state index contributed by atoms with van der Waals surface area (Å²) in [6.45, 7) is 15.1. The van der Waals surface area contributed by atoms with E-state index in [1.807, 2.05) is 11.0 Å². The number of piperidine rings is 1. The SMILES string of the molecule is CC(C)[Si](OCCN1C(=O)CCC[C@@H]1/C=C/[C@@H](O)CCC1CC1)(C(C)C)C(C)C. The summed E-state index contributed by atoms with van der Waals surface area (Å²) in [5.74, 6) is 1.07. The van der Waals surface area contributed by atoms with Crippen LogP contribution in [0.3, 0.4) is 0 Å². The van der Waals surface area contributed by atoms with Gasteiger partial charge in [-0.3, -0.25) is 4.79 Å². The fourth-order valence-corrected chi connectivity index (χ4v) is 10.9. The van der Waals surface area contributed by atoms with E-state index in [0.717, 1.165) is 31.6 Å². The minimum Gasteiger partial charge on any atom is -0.414 e. The molecular formula is C24H45NO3Si. The molecule has 0 bridgehead atoms. The van der Waals surface area contributed by atoms with Crippen molar-refractivity contribution in [2.24, 2.45) is 5.92 Å². The van der Waals surface area contributed by atoms with E-state index in [1.165, 1.54) is 12.8 Å². The zero-order valence-corrected chi connectivity index (χ0v) is 20.7. The summed E-state index contributed by atoms with van der Waals surface area (Å²) in [7, 11) is -1.90. The Balaban J connectivity index is 1.94. The zero-order chi connectivity index (χ0) is 21.6. The van der Waals surface area contributed by atoms with Crippen LogP contribution in [0.25, 0.3) is 0 Å². The molecule has 4 nitrogen and oxygen atoms in total. The molecule has 2 rings (SSSR count). The zero-order valence-electron chi connectivity index (χ0n) is 19.7. The number of amides is 1. The highest BCUT2D eigenvalue weighted by molar-refractivity contribution is 6.77. The standard InChI is InChI=1S/C24H45NO3Si/c1-18(2)29(19(3)4,20(5)6)28-17-16-25-22(8-7-9-24(25)27)13-15-23(26)14-12-21-10-11-21/h13,15,18-23,26H,7-12,14,16-17H2,1-6H3/b15-13+/t22-,23+/m1/s1. The second-order valence-electron chi connectivity index (χ2n) is 10.2. The maximum absolute atomic E-state index is 12.6. The van der Waals surface area contributed by atoms with E-state index in [1.54, 1.807) is 0 Å². The van der Waals surface area contributed by atoms with Crippen LogP contribution in [-0.2, 0) is 9.22 Å². The molecule has 0 spiro atoms. The highest BCUT2D eigenvalue weighted by atomic mass is 28.4.